The molecule has 0 aliphatic carbocycles. The molecule has 0 radical (unpaired) electrons. The van der Waals surface area contributed by atoms with Gasteiger partial charge in [-0.3, -0.25) is 4.68 Å². The standard InChI is InChI=1S/C15H29N5/c1-4-16-12-14-13-20(18-17-14)11-10-19-8-5-6-15(2,3)7-9-19/h13,16H,4-12H2,1-3H3. The first-order valence-corrected chi connectivity index (χ1v) is 7.91. The molecule has 1 fully saturated rings. The van der Waals surface area contributed by atoms with E-state index >= 15 is 0 Å². The second kappa shape index (κ2) is 7.18. The van der Waals surface area contributed by atoms with Gasteiger partial charge < -0.3 is 10.2 Å². The van der Waals surface area contributed by atoms with Gasteiger partial charge in [0.2, 0.25) is 0 Å². The quantitative estimate of drug-likeness (QED) is 0.864. The van der Waals surface area contributed by atoms with Crippen molar-refractivity contribution in [3.8, 4) is 0 Å². The zero-order valence-corrected chi connectivity index (χ0v) is 13.2. The molecule has 1 aromatic heterocycles. The fraction of sp³-hybridized carbons (Fsp3) is 0.867. The van der Waals surface area contributed by atoms with E-state index < -0.39 is 0 Å². The van der Waals surface area contributed by atoms with Gasteiger partial charge in [0, 0.05) is 19.3 Å². The molecule has 1 N–H and O–H groups in total. The van der Waals surface area contributed by atoms with E-state index in [0.29, 0.717) is 5.41 Å². The van der Waals surface area contributed by atoms with Crippen LogP contribution in [0, 0.1) is 5.41 Å². The van der Waals surface area contributed by atoms with Gasteiger partial charge in [-0.1, -0.05) is 26.0 Å². The molecule has 0 amide bonds. The molecule has 2 heterocycles. The van der Waals surface area contributed by atoms with Crippen molar-refractivity contribution in [2.24, 2.45) is 5.41 Å². The molecule has 0 bridgehead atoms. The van der Waals surface area contributed by atoms with Crippen molar-refractivity contribution in [1.82, 2.24) is 25.2 Å². The molecule has 1 aromatic rings. The summed E-state index contributed by atoms with van der Waals surface area (Å²) in [7, 11) is 0. The maximum atomic E-state index is 4.21. The number of hydrogen-bond donors (Lipinski definition) is 1. The summed E-state index contributed by atoms with van der Waals surface area (Å²) in [6, 6.07) is 0. The molecule has 1 saturated heterocycles. The van der Waals surface area contributed by atoms with Crippen molar-refractivity contribution in [3.63, 3.8) is 0 Å². The predicted octanol–water partition coefficient (Wildman–Crippen LogP) is 1.90. The van der Waals surface area contributed by atoms with Crippen LogP contribution in [-0.4, -0.2) is 46.1 Å². The molecule has 5 nitrogen and oxygen atoms in total. The van der Waals surface area contributed by atoms with E-state index in [-0.39, 0.29) is 0 Å². The largest absolute Gasteiger partial charge is 0.311 e. The Hall–Kier alpha value is -0.940. The molecule has 0 unspecified atom stereocenters. The topological polar surface area (TPSA) is 46.0 Å². The fourth-order valence-corrected chi connectivity index (χ4v) is 2.73. The summed E-state index contributed by atoms with van der Waals surface area (Å²) in [5, 5.41) is 11.7. The Morgan fingerprint density at radius 2 is 2.10 bits per heavy atom. The summed E-state index contributed by atoms with van der Waals surface area (Å²) in [6.45, 7) is 13.1. The van der Waals surface area contributed by atoms with Crippen molar-refractivity contribution < 1.29 is 0 Å². The van der Waals surface area contributed by atoms with Crippen molar-refractivity contribution in [2.75, 3.05) is 26.2 Å². The Morgan fingerprint density at radius 3 is 2.90 bits per heavy atom. The Morgan fingerprint density at radius 1 is 1.25 bits per heavy atom. The average Bonchev–Trinajstić information content (AvgIpc) is 2.79. The van der Waals surface area contributed by atoms with Crippen LogP contribution >= 0.6 is 0 Å². The number of hydrogen-bond acceptors (Lipinski definition) is 4. The molecule has 0 saturated carbocycles. The van der Waals surface area contributed by atoms with Crippen LogP contribution in [0.3, 0.4) is 0 Å². The number of nitrogens with one attached hydrogen (secondary N) is 1. The van der Waals surface area contributed by atoms with E-state index in [0.717, 1.165) is 31.9 Å². The third kappa shape index (κ3) is 4.87. The van der Waals surface area contributed by atoms with Gasteiger partial charge in [0.15, 0.2) is 0 Å². The Bertz CT molecular complexity index is 399. The molecule has 20 heavy (non-hydrogen) atoms. The van der Waals surface area contributed by atoms with Crippen LogP contribution in [0.5, 0.6) is 0 Å². The summed E-state index contributed by atoms with van der Waals surface area (Å²) in [5.74, 6) is 0. The van der Waals surface area contributed by atoms with Crippen LogP contribution in [0.15, 0.2) is 6.20 Å². The number of rotatable bonds is 6. The van der Waals surface area contributed by atoms with E-state index in [1.54, 1.807) is 0 Å². The molecule has 0 spiro atoms. The van der Waals surface area contributed by atoms with Crippen molar-refractivity contribution in [2.45, 2.75) is 53.1 Å². The third-order valence-corrected chi connectivity index (χ3v) is 4.22. The number of aromatic nitrogens is 3. The van der Waals surface area contributed by atoms with Gasteiger partial charge in [-0.25, -0.2) is 0 Å². The zero-order valence-electron chi connectivity index (χ0n) is 13.2. The summed E-state index contributed by atoms with van der Waals surface area (Å²) in [5.41, 5.74) is 1.55. The zero-order chi connectivity index (χ0) is 14.4. The molecule has 1 aliphatic rings. The van der Waals surface area contributed by atoms with Crippen LogP contribution in [-0.2, 0) is 13.1 Å². The smallest absolute Gasteiger partial charge is 0.0964 e. The van der Waals surface area contributed by atoms with E-state index in [1.165, 1.54) is 32.4 Å². The Labute approximate surface area is 122 Å². The lowest BCUT2D eigenvalue weighted by Crippen LogP contribution is -2.29. The second-order valence-corrected chi connectivity index (χ2v) is 6.61. The van der Waals surface area contributed by atoms with Gasteiger partial charge in [-0.15, -0.1) is 5.10 Å². The van der Waals surface area contributed by atoms with Crippen LogP contribution in [0.1, 0.15) is 45.7 Å². The minimum atomic E-state index is 0.515. The molecule has 2 rings (SSSR count). The van der Waals surface area contributed by atoms with E-state index in [1.807, 2.05) is 4.68 Å². The maximum absolute atomic E-state index is 4.21. The molecule has 5 heteroatoms. The lowest BCUT2D eigenvalue weighted by Gasteiger charge is -2.23. The monoisotopic (exact) mass is 279 g/mol. The van der Waals surface area contributed by atoms with Gasteiger partial charge in [0.05, 0.1) is 12.2 Å². The average molecular weight is 279 g/mol. The van der Waals surface area contributed by atoms with Crippen LogP contribution in [0.4, 0.5) is 0 Å². The number of nitrogens with zero attached hydrogens (tertiary/aromatic N) is 4. The summed E-state index contributed by atoms with van der Waals surface area (Å²) < 4.78 is 1.97. The minimum Gasteiger partial charge on any atom is -0.311 e. The Balaban J connectivity index is 1.75. The summed E-state index contributed by atoms with van der Waals surface area (Å²) >= 11 is 0. The minimum absolute atomic E-state index is 0.515. The third-order valence-electron chi connectivity index (χ3n) is 4.22. The summed E-state index contributed by atoms with van der Waals surface area (Å²) in [4.78, 5) is 2.57. The normalized spacial score (nSPS) is 19.9. The lowest BCUT2D eigenvalue weighted by molar-refractivity contribution is 0.250. The van der Waals surface area contributed by atoms with E-state index in [9.17, 15) is 0 Å². The van der Waals surface area contributed by atoms with Crippen molar-refractivity contribution in [3.05, 3.63) is 11.9 Å². The van der Waals surface area contributed by atoms with Crippen LogP contribution < -0.4 is 5.32 Å². The van der Waals surface area contributed by atoms with Crippen molar-refractivity contribution >= 4 is 0 Å². The van der Waals surface area contributed by atoms with E-state index in [4.69, 9.17) is 0 Å². The molecular weight excluding hydrogens is 250 g/mol. The van der Waals surface area contributed by atoms with Gasteiger partial charge in [-0.2, -0.15) is 0 Å². The second-order valence-electron chi connectivity index (χ2n) is 6.61. The first-order chi connectivity index (χ1) is 9.59. The van der Waals surface area contributed by atoms with Gasteiger partial charge in [0.25, 0.3) is 0 Å². The maximum Gasteiger partial charge on any atom is 0.0964 e. The molecule has 114 valence electrons. The first kappa shape index (κ1) is 15.4. The highest BCUT2D eigenvalue weighted by Gasteiger charge is 2.22. The molecular formula is C15H29N5. The highest BCUT2D eigenvalue weighted by Crippen LogP contribution is 2.29. The highest BCUT2D eigenvalue weighted by atomic mass is 15.4. The van der Waals surface area contributed by atoms with Crippen LogP contribution in [0.25, 0.3) is 0 Å². The van der Waals surface area contributed by atoms with Crippen LogP contribution in [0.2, 0.25) is 0 Å². The molecule has 1 aliphatic heterocycles. The van der Waals surface area contributed by atoms with Gasteiger partial charge >= 0.3 is 0 Å². The van der Waals surface area contributed by atoms with E-state index in [2.05, 4.69) is 47.5 Å². The first-order valence-electron chi connectivity index (χ1n) is 7.91. The highest BCUT2D eigenvalue weighted by molar-refractivity contribution is 4.91. The lowest BCUT2D eigenvalue weighted by atomic mass is 9.85. The van der Waals surface area contributed by atoms with Gasteiger partial charge in [-0.05, 0) is 44.3 Å². The number of likely N-dealkylation sites (tertiary alicyclic amines) is 1. The molecule has 0 atom stereocenters. The van der Waals surface area contributed by atoms with Gasteiger partial charge in [0.1, 0.15) is 0 Å². The Kier molecular flexibility index (Phi) is 5.54. The summed E-state index contributed by atoms with van der Waals surface area (Å²) in [6.07, 6.45) is 6.02. The van der Waals surface area contributed by atoms with Crippen molar-refractivity contribution in [1.29, 1.82) is 0 Å². The fourth-order valence-electron chi connectivity index (χ4n) is 2.73. The predicted molar refractivity (Wildman–Crippen MR) is 81.5 cm³/mol. The molecule has 0 aromatic carbocycles. The SMILES string of the molecule is CCNCc1cn(CCN2CCCC(C)(C)CC2)nn1.